The van der Waals surface area contributed by atoms with Gasteiger partial charge < -0.3 is 15.4 Å². The minimum absolute atomic E-state index is 0.0680. The molecule has 2 aromatic rings. The fourth-order valence-electron chi connectivity index (χ4n) is 2.41. The van der Waals surface area contributed by atoms with Crippen LogP contribution in [0.1, 0.15) is 15.9 Å². The van der Waals surface area contributed by atoms with Crippen LogP contribution in [0.15, 0.2) is 47.4 Å². The fourth-order valence-corrected chi connectivity index (χ4v) is 3.48. The van der Waals surface area contributed by atoms with Crippen LogP contribution in [0.2, 0.25) is 0 Å². The molecular formula is C19H23N3O5S. The average molecular weight is 405 g/mol. The van der Waals surface area contributed by atoms with Crippen molar-refractivity contribution < 1.29 is 22.7 Å². The number of ether oxygens (including phenoxy) is 1. The molecule has 150 valence electrons. The average Bonchev–Trinajstić information content (AvgIpc) is 2.65. The third-order valence-corrected chi connectivity index (χ3v) is 5.73. The summed E-state index contributed by atoms with van der Waals surface area (Å²) < 4.78 is 31.0. The van der Waals surface area contributed by atoms with Crippen molar-refractivity contribution >= 4 is 27.5 Å². The zero-order chi connectivity index (χ0) is 20.9. The molecule has 0 aliphatic rings. The Kier molecular flexibility index (Phi) is 6.76. The second-order valence-electron chi connectivity index (χ2n) is 6.25. The normalized spacial score (nSPS) is 11.2. The zero-order valence-corrected chi connectivity index (χ0v) is 17.0. The van der Waals surface area contributed by atoms with E-state index in [9.17, 15) is 18.0 Å². The van der Waals surface area contributed by atoms with E-state index in [-0.39, 0.29) is 28.8 Å². The summed E-state index contributed by atoms with van der Waals surface area (Å²) >= 11 is 0. The summed E-state index contributed by atoms with van der Waals surface area (Å²) in [6.07, 6.45) is 0. The summed E-state index contributed by atoms with van der Waals surface area (Å²) in [4.78, 5) is 24.2. The SMILES string of the molecule is COc1ccc(NC(=O)CNC(=O)c2cccc(C)c2)cc1S(=O)(=O)N(C)C. The standard InChI is InChI=1S/C19H23N3O5S/c1-13-6-5-7-14(10-13)19(24)20-12-18(23)21-15-8-9-16(27-4)17(11-15)28(25,26)22(2)3/h5-11H,12H2,1-4H3,(H,20,24)(H,21,23). The van der Waals surface area contributed by atoms with Gasteiger partial charge in [0.05, 0.1) is 13.7 Å². The van der Waals surface area contributed by atoms with Gasteiger partial charge in [-0.25, -0.2) is 12.7 Å². The van der Waals surface area contributed by atoms with E-state index in [2.05, 4.69) is 10.6 Å². The van der Waals surface area contributed by atoms with Crippen molar-refractivity contribution in [3.05, 3.63) is 53.6 Å². The maximum absolute atomic E-state index is 12.4. The summed E-state index contributed by atoms with van der Waals surface area (Å²) in [6.45, 7) is 1.61. The number of methoxy groups -OCH3 is 1. The van der Waals surface area contributed by atoms with E-state index in [4.69, 9.17) is 4.74 Å². The number of hydrogen-bond acceptors (Lipinski definition) is 5. The number of nitrogens with one attached hydrogen (secondary N) is 2. The van der Waals surface area contributed by atoms with Crippen LogP contribution in [0.5, 0.6) is 5.75 Å². The first-order chi connectivity index (χ1) is 13.1. The largest absolute Gasteiger partial charge is 0.495 e. The number of aryl methyl sites for hydroxylation is 1. The number of amides is 2. The van der Waals surface area contributed by atoms with Crippen LogP contribution in [-0.2, 0) is 14.8 Å². The van der Waals surface area contributed by atoms with Crippen molar-refractivity contribution in [2.24, 2.45) is 0 Å². The third kappa shape index (κ3) is 5.08. The van der Waals surface area contributed by atoms with Gasteiger partial charge in [-0.15, -0.1) is 0 Å². The second kappa shape index (κ2) is 8.85. The molecule has 0 aliphatic carbocycles. The summed E-state index contributed by atoms with van der Waals surface area (Å²) in [7, 11) is 0.415. The van der Waals surface area contributed by atoms with E-state index in [1.165, 1.54) is 39.4 Å². The minimum Gasteiger partial charge on any atom is -0.495 e. The summed E-state index contributed by atoms with van der Waals surface area (Å²) in [5.74, 6) is -0.691. The number of hydrogen-bond donors (Lipinski definition) is 2. The molecule has 8 nitrogen and oxygen atoms in total. The van der Waals surface area contributed by atoms with Crippen LogP contribution in [0.3, 0.4) is 0 Å². The molecule has 0 radical (unpaired) electrons. The Labute approximate surface area is 164 Å². The molecule has 9 heteroatoms. The number of anilines is 1. The summed E-state index contributed by atoms with van der Waals surface area (Å²) in [6, 6.07) is 11.3. The molecule has 2 N–H and O–H groups in total. The van der Waals surface area contributed by atoms with Gasteiger partial charge in [-0.3, -0.25) is 9.59 Å². The van der Waals surface area contributed by atoms with E-state index in [1.54, 1.807) is 18.2 Å². The van der Waals surface area contributed by atoms with Gasteiger partial charge in [0, 0.05) is 25.3 Å². The molecule has 2 rings (SSSR count). The molecule has 0 bridgehead atoms. The lowest BCUT2D eigenvalue weighted by atomic mass is 10.1. The Morgan fingerprint density at radius 1 is 1.11 bits per heavy atom. The van der Waals surface area contributed by atoms with Gasteiger partial charge in [0.1, 0.15) is 10.6 Å². The minimum atomic E-state index is -3.76. The molecule has 2 aromatic carbocycles. The molecule has 2 amide bonds. The molecule has 0 fully saturated rings. The number of sulfonamides is 1. The highest BCUT2D eigenvalue weighted by atomic mass is 32.2. The monoisotopic (exact) mass is 405 g/mol. The number of carbonyl (C=O) groups is 2. The lowest BCUT2D eigenvalue weighted by Crippen LogP contribution is -2.33. The highest BCUT2D eigenvalue weighted by Gasteiger charge is 2.23. The smallest absolute Gasteiger partial charge is 0.251 e. The molecule has 0 saturated carbocycles. The molecular weight excluding hydrogens is 382 g/mol. The van der Waals surface area contributed by atoms with Crippen molar-refractivity contribution in [2.75, 3.05) is 33.1 Å². The second-order valence-corrected chi connectivity index (χ2v) is 8.37. The van der Waals surface area contributed by atoms with Crippen molar-refractivity contribution in [1.82, 2.24) is 9.62 Å². The molecule has 0 atom stereocenters. The van der Waals surface area contributed by atoms with Gasteiger partial charge in [-0.2, -0.15) is 0 Å². The molecule has 0 heterocycles. The van der Waals surface area contributed by atoms with Crippen LogP contribution >= 0.6 is 0 Å². The lowest BCUT2D eigenvalue weighted by Gasteiger charge is -2.16. The fraction of sp³-hybridized carbons (Fsp3) is 0.263. The zero-order valence-electron chi connectivity index (χ0n) is 16.1. The van der Waals surface area contributed by atoms with E-state index in [1.807, 2.05) is 13.0 Å². The number of benzene rings is 2. The topological polar surface area (TPSA) is 105 Å². The first-order valence-electron chi connectivity index (χ1n) is 8.40. The Hall–Kier alpha value is -2.91. The Morgan fingerprint density at radius 3 is 2.43 bits per heavy atom. The summed E-state index contributed by atoms with van der Waals surface area (Å²) in [5, 5.41) is 5.10. The number of rotatable bonds is 7. The molecule has 0 unspecified atom stereocenters. The third-order valence-electron chi connectivity index (χ3n) is 3.90. The van der Waals surface area contributed by atoms with Gasteiger partial charge in [0.15, 0.2) is 0 Å². The molecule has 0 aliphatic heterocycles. The van der Waals surface area contributed by atoms with E-state index in [0.29, 0.717) is 5.56 Å². The van der Waals surface area contributed by atoms with Gasteiger partial charge in [-0.1, -0.05) is 17.7 Å². The van der Waals surface area contributed by atoms with Gasteiger partial charge in [0.25, 0.3) is 5.91 Å². The maximum Gasteiger partial charge on any atom is 0.251 e. The highest BCUT2D eigenvalue weighted by molar-refractivity contribution is 7.89. The predicted octanol–water partition coefficient (Wildman–Crippen LogP) is 1.62. The van der Waals surface area contributed by atoms with Crippen molar-refractivity contribution in [3.8, 4) is 5.75 Å². The van der Waals surface area contributed by atoms with Gasteiger partial charge in [-0.05, 0) is 37.3 Å². The van der Waals surface area contributed by atoms with E-state index >= 15 is 0 Å². The van der Waals surface area contributed by atoms with Crippen molar-refractivity contribution in [2.45, 2.75) is 11.8 Å². The molecule has 0 aromatic heterocycles. The Bertz CT molecular complexity index is 987. The van der Waals surface area contributed by atoms with Crippen LogP contribution in [0.25, 0.3) is 0 Å². The molecule has 0 saturated heterocycles. The van der Waals surface area contributed by atoms with Crippen LogP contribution < -0.4 is 15.4 Å². The predicted molar refractivity (Wildman–Crippen MR) is 106 cm³/mol. The van der Waals surface area contributed by atoms with Crippen LogP contribution in [0, 0.1) is 6.92 Å². The molecule has 0 spiro atoms. The Morgan fingerprint density at radius 2 is 1.82 bits per heavy atom. The van der Waals surface area contributed by atoms with E-state index in [0.717, 1.165) is 9.87 Å². The summed E-state index contributed by atoms with van der Waals surface area (Å²) in [5.41, 5.74) is 1.66. The quantitative estimate of drug-likeness (QED) is 0.728. The first-order valence-corrected chi connectivity index (χ1v) is 9.84. The van der Waals surface area contributed by atoms with Gasteiger partial charge >= 0.3 is 0 Å². The lowest BCUT2D eigenvalue weighted by molar-refractivity contribution is -0.115. The number of nitrogens with zero attached hydrogens (tertiary/aromatic N) is 1. The first kappa shape index (κ1) is 21.4. The van der Waals surface area contributed by atoms with E-state index < -0.39 is 15.9 Å². The van der Waals surface area contributed by atoms with Crippen LogP contribution in [-0.4, -0.2) is 52.3 Å². The Balaban J connectivity index is 2.09. The van der Waals surface area contributed by atoms with Gasteiger partial charge in [0.2, 0.25) is 15.9 Å². The highest BCUT2D eigenvalue weighted by Crippen LogP contribution is 2.28. The van der Waals surface area contributed by atoms with Crippen molar-refractivity contribution in [3.63, 3.8) is 0 Å². The molecule has 28 heavy (non-hydrogen) atoms. The number of carbonyl (C=O) groups excluding carboxylic acids is 2. The van der Waals surface area contributed by atoms with Crippen molar-refractivity contribution in [1.29, 1.82) is 0 Å². The maximum atomic E-state index is 12.4. The van der Waals surface area contributed by atoms with Crippen LogP contribution in [0.4, 0.5) is 5.69 Å².